The van der Waals surface area contributed by atoms with Gasteiger partial charge in [-0.25, -0.2) is 24.6 Å². The molecule has 1 heterocycles. The average molecular weight is 275 g/mol. The van der Waals surface area contributed by atoms with Gasteiger partial charge in [0.2, 0.25) is 0 Å². The van der Waals surface area contributed by atoms with Crippen LogP contribution in [-0.2, 0) is 0 Å². The Bertz CT molecular complexity index is 403. The lowest BCUT2D eigenvalue weighted by atomic mass is 10.2. The van der Waals surface area contributed by atoms with E-state index in [9.17, 15) is 8.78 Å². The molecule has 6 nitrogen and oxygen atoms in total. The fourth-order valence-electron chi connectivity index (χ4n) is 1.53. The highest BCUT2D eigenvalue weighted by molar-refractivity contribution is 5.49. The Hall–Kier alpha value is -1.54. The van der Waals surface area contributed by atoms with Gasteiger partial charge >= 0.3 is 0 Å². The predicted molar refractivity (Wildman–Crippen MR) is 69.2 cm³/mol. The minimum absolute atomic E-state index is 0.0366. The topological polar surface area (TPSA) is 87.3 Å². The van der Waals surface area contributed by atoms with E-state index in [0.29, 0.717) is 17.5 Å². The number of nitrogens with two attached hydrogens (primary N) is 1. The van der Waals surface area contributed by atoms with Crippen molar-refractivity contribution in [2.75, 3.05) is 30.0 Å². The zero-order chi connectivity index (χ0) is 14.4. The maximum Gasteiger partial charge on any atom is 0.255 e. The molecule has 0 atom stereocenters. The van der Waals surface area contributed by atoms with Crippen molar-refractivity contribution in [2.24, 2.45) is 5.84 Å². The summed E-state index contributed by atoms with van der Waals surface area (Å²) in [6, 6.07) is 1.48. The van der Waals surface area contributed by atoms with Gasteiger partial charge in [-0.1, -0.05) is 13.8 Å². The van der Waals surface area contributed by atoms with Gasteiger partial charge in [0.05, 0.1) is 13.2 Å². The van der Waals surface area contributed by atoms with Crippen LogP contribution in [0.25, 0.3) is 0 Å². The summed E-state index contributed by atoms with van der Waals surface area (Å²) in [5, 5.41) is 8.95. The van der Waals surface area contributed by atoms with Crippen LogP contribution in [0.2, 0.25) is 0 Å². The SMILES string of the molecule is CC(C)c1nc(NN)cc(N(CCO)CC(F)F)n1. The summed E-state index contributed by atoms with van der Waals surface area (Å²) in [7, 11) is 0. The Kier molecular flexibility index (Phi) is 5.84. The summed E-state index contributed by atoms with van der Waals surface area (Å²) in [6.07, 6.45) is -2.52. The second-order valence-corrected chi connectivity index (χ2v) is 4.33. The number of aliphatic hydroxyl groups excluding tert-OH is 1. The van der Waals surface area contributed by atoms with Crippen molar-refractivity contribution < 1.29 is 13.9 Å². The molecule has 0 saturated carbocycles. The summed E-state index contributed by atoms with van der Waals surface area (Å²) in [4.78, 5) is 9.68. The maximum atomic E-state index is 12.5. The highest BCUT2D eigenvalue weighted by atomic mass is 19.3. The minimum atomic E-state index is -2.52. The number of rotatable bonds is 7. The number of anilines is 2. The van der Waals surface area contributed by atoms with Crippen LogP contribution in [0.15, 0.2) is 6.07 Å². The number of aromatic nitrogens is 2. The molecule has 0 unspecified atom stereocenters. The molecular weight excluding hydrogens is 256 g/mol. The van der Waals surface area contributed by atoms with Gasteiger partial charge in [0, 0.05) is 18.5 Å². The summed E-state index contributed by atoms with van der Waals surface area (Å²) >= 11 is 0. The second-order valence-electron chi connectivity index (χ2n) is 4.33. The van der Waals surface area contributed by atoms with Crippen LogP contribution >= 0.6 is 0 Å². The zero-order valence-corrected chi connectivity index (χ0v) is 11.0. The molecule has 0 spiro atoms. The van der Waals surface area contributed by atoms with Crippen LogP contribution in [0.5, 0.6) is 0 Å². The Balaban J connectivity index is 3.09. The van der Waals surface area contributed by atoms with Crippen molar-refractivity contribution in [3.63, 3.8) is 0 Å². The highest BCUT2D eigenvalue weighted by Crippen LogP contribution is 2.20. The van der Waals surface area contributed by atoms with Gasteiger partial charge in [0.1, 0.15) is 17.5 Å². The van der Waals surface area contributed by atoms with E-state index in [1.165, 1.54) is 11.0 Å². The van der Waals surface area contributed by atoms with Crippen LogP contribution in [0.4, 0.5) is 20.4 Å². The van der Waals surface area contributed by atoms with Crippen molar-refractivity contribution in [2.45, 2.75) is 26.2 Å². The van der Waals surface area contributed by atoms with E-state index >= 15 is 0 Å². The number of alkyl halides is 2. The van der Waals surface area contributed by atoms with Gasteiger partial charge in [0.15, 0.2) is 0 Å². The van der Waals surface area contributed by atoms with Gasteiger partial charge < -0.3 is 15.4 Å². The molecule has 0 aliphatic rings. The Morgan fingerprint density at radius 1 is 1.42 bits per heavy atom. The molecule has 1 rings (SSSR count). The molecule has 0 fully saturated rings. The molecule has 108 valence electrons. The summed E-state index contributed by atoms with van der Waals surface area (Å²) < 4.78 is 25.1. The largest absolute Gasteiger partial charge is 0.395 e. The molecule has 1 aromatic heterocycles. The van der Waals surface area contributed by atoms with E-state index in [4.69, 9.17) is 10.9 Å². The number of nitrogens with one attached hydrogen (secondary N) is 1. The van der Waals surface area contributed by atoms with Crippen LogP contribution in [-0.4, -0.2) is 41.2 Å². The van der Waals surface area contributed by atoms with Crippen molar-refractivity contribution in [3.05, 3.63) is 11.9 Å². The van der Waals surface area contributed by atoms with E-state index in [1.54, 1.807) is 0 Å². The molecule has 0 aliphatic heterocycles. The third-order valence-corrected chi connectivity index (χ3v) is 2.45. The lowest BCUT2D eigenvalue weighted by Gasteiger charge is -2.23. The first kappa shape index (κ1) is 15.5. The summed E-state index contributed by atoms with van der Waals surface area (Å²) in [5.74, 6) is 6.52. The number of hydrogen-bond acceptors (Lipinski definition) is 6. The average Bonchev–Trinajstić information content (AvgIpc) is 2.37. The van der Waals surface area contributed by atoms with Crippen LogP contribution in [0, 0.1) is 0 Å². The number of aliphatic hydroxyl groups is 1. The molecule has 0 bridgehead atoms. The molecule has 4 N–H and O–H groups in total. The Morgan fingerprint density at radius 2 is 2.11 bits per heavy atom. The number of nitrogen functional groups attached to an aromatic ring is 1. The number of halogens is 2. The Morgan fingerprint density at radius 3 is 2.58 bits per heavy atom. The number of nitrogens with zero attached hydrogens (tertiary/aromatic N) is 3. The second kappa shape index (κ2) is 7.15. The third kappa shape index (κ3) is 4.56. The smallest absolute Gasteiger partial charge is 0.255 e. The van der Waals surface area contributed by atoms with E-state index in [2.05, 4.69) is 15.4 Å². The molecular formula is C11H19F2N5O. The zero-order valence-electron chi connectivity index (χ0n) is 11.0. The highest BCUT2D eigenvalue weighted by Gasteiger charge is 2.16. The standard InChI is InChI=1S/C11H19F2N5O/c1-7(2)11-15-9(17-14)5-10(16-11)18(3-4-19)6-8(12)13/h5,7-8,19H,3-4,6,14H2,1-2H3,(H,15,16,17). The van der Waals surface area contributed by atoms with Crippen LogP contribution in [0.3, 0.4) is 0 Å². The Labute approximate surface area is 110 Å². The van der Waals surface area contributed by atoms with Gasteiger partial charge in [-0.3, -0.25) is 0 Å². The fraction of sp³-hybridized carbons (Fsp3) is 0.636. The first-order valence-corrected chi connectivity index (χ1v) is 5.97. The molecule has 19 heavy (non-hydrogen) atoms. The summed E-state index contributed by atoms with van der Waals surface area (Å²) in [6.45, 7) is 3.12. The van der Waals surface area contributed by atoms with Crippen LogP contribution in [0.1, 0.15) is 25.6 Å². The van der Waals surface area contributed by atoms with Crippen molar-refractivity contribution in [1.82, 2.24) is 9.97 Å². The van der Waals surface area contributed by atoms with E-state index in [0.717, 1.165) is 0 Å². The molecule has 1 aromatic rings. The third-order valence-electron chi connectivity index (χ3n) is 2.45. The van der Waals surface area contributed by atoms with E-state index in [-0.39, 0.29) is 19.1 Å². The molecule has 8 heteroatoms. The van der Waals surface area contributed by atoms with Gasteiger partial charge in [0.25, 0.3) is 6.43 Å². The molecule has 0 aromatic carbocycles. The lowest BCUT2D eigenvalue weighted by Crippen LogP contribution is -2.32. The quantitative estimate of drug-likeness (QED) is 0.507. The van der Waals surface area contributed by atoms with Gasteiger partial charge in [-0.2, -0.15) is 0 Å². The molecule has 0 radical (unpaired) electrons. The van der Waals surface area contributed by atoms with Gasteiger partial charge in [-0.15, -0.1) is 0 Å². The minimum Gasteiger partial charge on any atom is -0.395 e. The fourth-order valence-corrected chi connectivity index (χ4v) is 1.53. The maximum absolute atomic E-state index is 12.5. The predicted octanol–water partition coefficient (Wildman–Crippen LogP) is 0.949. The van der Waals surface area contributed by atoms with Crippen LogP contribution < -0.4 is 16.2 Å². The monoisotopic (exact) mass is 275 g/mol. The first-order chi connectivity index (χ1) is 8.97. The molecule has 0 amide bonds. The van der Waals surface area contributed by atoms with E-state index in [1.807, 2.05) is 13.8 Å². The summed E-state index contributed by atoms with van der Waals surface area (Å²) in [5.41, 5.74) is 2.39. The van der Waals surface area contributed by atoms with E-state index < -0.39 is 13.0 Å². The first-order valence-electron chi connectivity index (χ1n) is 5.97. The number of hydrazine groups is 1. The number of hydrogen-bond donors (Lipinski definition) is 3. The normalized spacial score (nSPS) is 11.2. The van der Waals surface area contributed by atoms with Crippen molar-refractivity contribution in [1.29, 1.82) is 0 Å². The molecule has 0 aliphatic carbocycles. The van der Waals surface area contributed by atoms with Gasteiger partial charge in [-0.05, 0) is 0 Å². The lowest BCUT2D eigenvalue weighted by molar-refractivity contribution is 0.152. The van der Waals surface area contributed by atoms with Crippen molar-refractivity contribution >= 4 is 11.6 Å². The molecule has 0 saturated heterocycles. The van der Waals surface area contributed by atoms with Crippen molar-refractivity contribution in [3.8, 4) is 0 Å².